The van der Waals surface area contributed by atoms with E-state index in [4.69, 9.17) is 11.6 Å². The van der Waals surface area contributed by atoms with E-state index in [1.807, 2.05) is 33.2 Å². The lowest BCUT2D eigenvalue weighted by Gasteiger charge is -2.12. The third-order valence-corrected chi connectivity index (χ3v) is 4.60. The van der Waals surface area contributed by atoms with E-state index in [2.05, 4.69) is 15.5 Å². The molecule has 1 unspecified atom stereocenters. The monoisotopic (exact) mass is 313 g/mol. The van der Waals surface area contributed by atoms with Crippen LogP contribution in [0.25, 0.3) is 0 Å². The summed E-state index contributed by atoms with van der Waals surface area (Å²) in [5.74, 6) is 0.962. The Hall–Kier alpha value is -0.750. The molecule has 0 fully saturated rings. The maximum atomic E-state index is 11.9. The van der Waals surface area contributed by atoms with Gasteiger partial charge in [-0.3, -0.25) is 4.79 Å². The summed E-state index contributed by atoms with van der Waals surface area (Å²) in [6, 6.07) is 3.60. The second kappa shape index (κ2) is 6.80. The molecule has 1 aromatic rings. The average molecular weight is 314 g/mol. The van der Waals surface area contributed by atoms with Crippen molar-refractivity contribution >= 4 is 35.0 Å². The number of carbonyl (C=O) groups excluding carboxylic acids is 1. The first-order valence-corrected chi connectivity index (χ1v) is 8.04. The summed E-state index contributed by atoms with van der Waals surface area (Å²) in [4.78, 5) is 15.1. The van der Waals surface area contributed by atoms with Crippen LogP contribution in [0.4, 0.5) is 5.69 Å². The lowest BCUT2D eigenvalue weighted by molar-refractivity contribution is -0.117. The maximum Gasteiger partial charge on any atom is 0.246 e. The summed E-state index contributed by atoms with van der Waals surface area (Å²) in [6.45, 7) is 3.72. The largest absolute Gasteiger partial charge is 0.324 e. The van der Waals surface area contributed by atoms with Crippen LogP contribution in [0.1, 0.15) is 18.5 Å². The topological polar surface area (TPSA) is 44.4 Å². The van der Waals surface area contributed by atoms with Gasteiger partial charge in [-0.05, 0) is 32.8 Å². The summed E-state index contributed by atoms with van der Waals surface area (Å²) >= 11 is 8.05. The van der Waals surface area contributed by atoms with Crippen LogP contribution < -0.4 is 10.6 Å². The molecule has 2 N–H and O–H groups in total. The fourth-order valence-electron chi connectivity index (χ4n) is 2.12. The van der Waals surface area contributed by atoms with Crippen LogP contribution in [-0.2, 0) is 4.79 Å². The molecule has 6 heteroatoms. The molecule has 0 spiro atoms. The van der Waals surface area contributed by atoms with E-state index in [-0.39, 0.29) is 11.9 Å². The summed E-state index contributed by atoms with van der Waals surface area (Å²) in [5, 5.41) is 6.80. The van der Waals surface area contributed by atoms with Crippen LogP contribution >= 0.6 is 23.4 Å². The number of carbonyl (C=O) groups is 1. The van der Waals surface area contributed by atoms with Gasteiger partial charge in [0.25, 0.3) is 0 Å². The van der Waals surface area contributed by atoms with E-state index in [0.29, 0.717) is 5.02 Å². The van der Waals surface area contributed by atoms with Crippen molar-refractivity contribution < 1.29 is 4.79 Å². The first kappa shape index (κ1) is 15.6. The zero-order valence-electron chi connectivity index (χ0n) is 12.0. The molecule has 1 aromatic carbocycles. The molecule has 20 heavy (non-hydrogen) atoms. The van der Waals surface area contributed by atoms with Gasteiger partial charge in [0.2, 0.25) is 5.91 Å². The fraction of sp³-hybridized carbons (Fsp3) is 0.500. The second-order valence-corrected chi connectivity index (χ2v) is 6.55. The van der Waals surface area contributed by atoms with Gasteiger partial charge in [-0.25, -0.2) is 0 Å². The number of thioether (sulfide) groups is 1. The van der Waals surface area contributed by atoms with E-state index in [0.717, 1.165) is 35.0 Å². The number of fused-ring (bicyclic) bond motifs is 1. The predicted molar refractivity (Wildman–Crippen MR) is 85.8 cm³/mol. The highest BCUT2D eigenvalue weighted by Crippen LogP contribution is 2.38. The number of hydrogen-bond acceptors (Lipinski definition) is 4. The molecular weight excluding hydrogens is 294 g/mol. The van der Waals surface area contributed by atoms with Crippen molar-refractivity contribution in [3.8, 4) is 0 Å². The first-order chi connectivity index (χ1) is 9.52. The third kappa shape index (κ3) is 3.47. The molecule has 0 saturated carbocycles. The Bertz CT molecular complexity index is 507. The van der Waals surface area contributed by atoms with Gasteiger partial charge in [0, 0.05) is 28.4 Å². The van der Waals surface area contributed by atoms with E-state index in [1.165, 1.54) is 0 Å². The van der Waals surface area contributed by atoms with E-state index >= 15 is 0 Å². The van der Waals surface area contributed by atoms with Gasteiger partial charge >= 0.3 is 0 Å². The van der Waals surface area contributed by atoms with Crippen molar-refractivity contribution in [3.63, 3.8) is 0 Å². The minimum absolute atomic E-state index is 0.00615. The van der Waals surface area contributed by atoms with Crippen LogP contribution in [0.15, 0.2) is 17.0 Å². The first-order valence-electron chi connectivity index (χ1n) is 6.68. The van der Waals surface area contributed by atoms with Gasteiger partial charge in [-0.2, -0.15) is 0 Å². The Balaban J connectivity index is 2.15. The number of amides is 1. The fourth-order valence-corrected chi connectivity index (χ4v) is 3.53. The number of rotatable bonds is 6. The van der Waals surface area contributed by atoms with Gasteiger partial charge in [0.1, 0.15) is 6.04 Å². The Morgan fingerprint density at radius 3 is 2.85 bits per heavy atom. The van der Waals surface area contributed by atoms with Crippen molar-refractivity contribution in [2.45, 2.75) is 17.9 Å². The van der Waals surface area contributed by atoms with Crippen molar-refractivity contribution in [2.24, 2.45) is 0 Å². The summed E-state index contributed by atoms with van der Waals surface area (Å²) in [6.07, 6.45) is 0. The third-order valence-electron chi connectivity index (χ3n) is 3.14. The molecule has 0 radical (unpaired) electrons. The van der Waals surface area contributed by atoms with Gasteiger partial charge in [0.15, 0.2) is 0 Å². The molecule has 1 heterocycles. The smallest absolute Gasteiger partial charge is 0.246 e. The van der Waals surface area contributed by atoms with E-state index in [9.17, 15) is 4.79 Å². The zero-order valence-corrected chi connectivity index (χ0v) is 13.6. The highest BCUT2D eigenvalue weighted by atomic mass is 35.5. The van der Waals surface area contributed by atoms with Gasteiger partial charge in [-0.15, -0.1) is 11.8 Å². The number of nitrogens with zero attached hydrogens (tertiary/aromatic N) is 1. The standard InChI is InChI=1S/C14H20ClN3OS/c1-4-16-13-9-7-10(15)12(20-6-5-18(2)3)8-11(9)17-14(13)19/h7-8,13,16H,4-6H2,1-3H3,(H,17,19). The number of anilines is 1. The summed E-state index contributed by atoms with van der Waals surface area (Å²) in [5.41, 5.74) is 1.82. The normalized spacial score (nSPS) is 17.4. The molecule has 1 amide bonds. The molecule has 1 atom stereocenters. The van der Waals surface area contributed by atoms with E-state index < -0.39 is 0 Å². The minimum Gasteiger partial charge on any atom is -0.324 e. The quantitative estimate of drug-likeness (QED) is 0.792. The average Bonchev–Trinajstić information content (AvgIpc) is 2.66. The van der Waals surface area contributed by atoms with Crippen LogP contribution in [0.2, 0.25) is 5.02 Å². The molecule has 1 aliphatic heterocycles. The summed E-state index contributed by atoms with van der Waals surface area (Å²) in [7, 11) is 4.10. The van der Waals surface area contributed by atoms with Crippen molar-refractivity contribution in [1.29, 1.82) is 0 Å². The zero-order chi connectivity index (χ0) is 14.7. The van der Waals surface area contributed by atoms with Crippen LogP contribution in [-0.4, -0.2) is 43.7 Å². The highest BCUT2D eigenvalue weighted by Gasteiger charge is 2.30. The molecule has 0 saturated heterocycles. The molecule has 0 aliphatic carbocycles. The highest BCUT2D eigenvalue weighted by molar-refractivity contribution is 7.99. The van der Waals surface area contributed by atoms with Crippen LogP contribution in [0.3, 0.4) is 0 Å². The van der Waals surface area contributed by atoms with Crippen molar-refractivity contribution in [3.05, 3.63) is 22.7 Å². The predicted octanol–water partition coefficient (Wildman–Crippen LogP) is 2.60. The molecule has 1 aliphatic rings. The SMILES string of the molecule is CCNC1C(=O)Nc2cc(SCCN(C)C)c(Cl)cc21. The molecule has 110 valence electrons. The lowest BCUT2D eigenvalue weighted by atomic mass is 10.1. The molecule has 0 bridgehead atoms. The molecule has 0 aromatic heterocycles. The minimum atomic E-state index is -0.284. The van der Waals surface area contributed by atoms with E-state index in [1.54, 1.807) is 11.8 Å². The van der Waals surface area contributed by atoms with Gasteiger partial charge in [0.05, 0.1) is 5.02 Å². The van der Waals surface area contributed by atoms with Crippen LogP contribution in [0.5, 0.6) is 0 Å². The Morgan fingerprint density at radius 1 is 1.45 bits per heavy atom. The van der Waals surface area contributed by atoms with Crippen molar-refractivity contribution in [1.82, 2.24) is 10.2 Å². The number of nitrogens with one attached hydrogen (secondary N) is 2. The van der Waals surface area contributed by atoms with Gasteiger partial charge < -0.3 is 15.5 Å². The molecular formula is C14H20ClN3OS. The number of halogens is 1. The second-order valence-electron chi connectivity index (χ2n) is 5.00. The Morgan fingerprint density at radius 2 is 2.20 bits per heavy atom. The Labute approximate surface area is 129 Å². The van der Waals surface area contributed by atoms with Crippen LogP contribution in [0, 0.1) is 0 Å². The molecule has 4 nitrogen and oxygen atoms in total. The Kier molecular flexibility index (Phi) is 5.32. The van der Waals surface area contributed by atoms with Gasteiger partial charge in [-0.1, -0.05) is 18.5 Å². The van der Waals surface area contributed by atoms with Crippen molar-refractivity contribution in [2.75, 3.05) is 38.3 Å². The number of hydrogen-bond donors (Lipinski definition) is 2. The number of benzene rings is 1. The summed E-state index contributed by atoms with van der Waals surface area (Å²) < 4.78 is 0. The maximum absolute atomic E-state index is 11.9. The number of likely N-dealkylation sites (N-methyl/N-ethyl adjacent to an activating group) is 1. The lowest BCUT2D eigenvalue weighted by Crippen LogP contribution is -2.27. The molecule has 2 rings (SSSR count).